The maximum absolute atomic E-state index is 12.2. The van der Waals surface area contributed by atoms with E-state index >= 15 is 0 Å². The number of carboxylic acid groups (broad SMARTS) is 1. The van der Waals surface area contributed by atoms with Crippen molar-refractivity contribution in [3.8, 4) is 0 Å². The van der Waals surface area contributed by atoms with Gasteiger partial charge >= 0.3 is 5.97 Å². The van der Waals surface area contributed by atoms with E-state index < -0.39 is 5.97 Å². The van der Waals surface area contributed by atoms with Crippen LogP contribution in [0.25, 0.3) is 0 Å². The number of carbonyl (C=O) groups excluding carboxylic acids is 1. The Labute approximate surface area is 126 Å². The van der Waals surface area contributed by atoms with Crippen molar-refractivity contribution in [1.29, 1.82) is 0 Å². The number of thiazole rings is 1. The number of aromatic carboxylic acids is 1. The normalized spacial score (nSPS) is 10.4. The Hall–Kier alpha value is -2.21. The highest BCUT2D eigenvalue weighted by atomic mass is 32.1. The lowest BCUT2D eigenvalue weighted by molar-refractivity contribution is -0.129. The van der Waals surface area contributed by atoms with Gasteiger partial charge in [-0.3, -0.25) is 4.79 Å². The molecule has 5 nitrogen and oxygen atoms in total. The number of rotatable bonds is 5. The lowest BCUT2D eigenvalue weighted by atomic mass is 10.2. The van der Waals surface area contributed by atoms with Crippen molar-refractivity contribution >= 4 is 23.2 Å². The molecular weight excluding hydrogens is 288 g/mol. The Bertz CT molecular complexity index is 652. The van der Waals surface area contributed by atoms with Crippen LogP contribution in [0.4, 0.5) is 0 Å². The fourth-order valence-corrected chi connectivity index (χ4v) is 2.83. The van der Waals surface area contributed by atoms with Crippen LogP contribution in [0.2, 0.25) is 0 Å². The monoisotopic (exact) mass is 304 g/mol. The first kappa shape index (κ1) is 15.2. The number of nitrogens with zero attached hydrogens (tertiary/aromatic N) is 2. The summed E-state index contributed by atoms with van der Waals surface area (Å²) < 4.78 is 0. The van der Waals surface area contributed by atoms with Crippen molar-refractivity contribution < 1.29 is 14.7 Å². The largest absolute Gasteiger partial charge is 0.477 e. The second kappa shape index (κ2) is 6.49. The molecule has 1 aromatic carbocycles. The summed E-state index contributed by atoms with van der Waals surface area (Å²) in [7, 11) is 1.73. The number of likely N-dealkylation sites (N-methyl/N-ethyl adjacent to an activating group) is 1. The van der Waals surface area contributed by atoms with Crippen LogP contribution >= 0.6 is 11.3 Å². The predicted octanol–water partition coefficient (Wildman–Crippen LogP) is 2.35. The van der Waals surface area contributed by atoms with E-state index in [0.29, 0.717) is 17.2 Å². The molecule has 1 heterocycles. The molecule has 1 amide bonds. The number of hydrogen-bond donors (Lipinski definition) is 1. The molecule has 0 aliphatic rings. The standard InChI is InChI=1S/C15H16N2O3S/c1-10-14(15(19)20)21-12(16-10)8-13(18)17(2)9-11-6-4-3-5-7-11/h3-7H,8-9H2,1-2H3,(H,19,20). The molecule has 0 unspecified atom stereocenters. The third kappa shape index (κ3) is 3.88. The highest BCUT2D eigenvalue weighted by molar-refractivity contribution is 7.13. The molecule has 0 aliphatic heterocycles. The quantitative estimate of drug-likeness (QED) is 0.920. The van der Waals surface area contributed by atoms with E-state index in [1.165, 1.54) is 0 Å². The van der Waals surface area contributed by atoms with Gasteiger partial charge in [0.15, 0.2) is 0 Å². The Balaban J connectivity index is 2.01. The number of aryl methyl sites for hydroxylation is 1. The molecule has 0 radical (unpaired) electrons. The zero-order valence-corrected chi connectivity index (χ0v) is 12.7. The molecule has 1 N–H and O–H groups in total. The highest BCUT2D eigenvalue weighted by Crippen LogP contribution is 2.19. The smallest absolute Gasteiger partial charge is 0.347 e. The van der Waals surface area contributed by atoms with Crippen LogP contribution in [0, 0.1) is 6.92 Å². The summed E-state index contributed by atoms with van der Waals surface area (Å²) in [5, 5.41) is 9.53. The topological polar surface area (TPSA) is 70.5 Å². The van der Waals surface area contributed by atoms with Crippen molar-refractivity contribution in [2.75, 3.05) is 7.05 Å². The Morgan fingerprint density at radius 3 is 2.52 bits per heavy atom. The summed E-state index contributed by atoms with van der Waals surface area (Å²) in [6, 6.07) is 9.70. The zero-order valence-electron chi connectivity index (χ0n) is 11.9. The van der Waals surface area contributed by atoms with Gasteiger partial charge in [0, 0.05) is 13.6 Å². The van der Waals surface area contributed by atoms with Crippen LogP contribution in [-0.4, -0.2) is 33.9 Å². The maximum atomic E-state index is 12.2. The van der Waals surface area contributed by atoms with Crippen molar-refractivity contribution in [2.45, 2.75) is 19.9 Å². The van der Waals surface area contributed by atoms with Gasteiger partial charge in [-0.15, -0.1) is 11.3 Å². The third-order valence-corrected chi connectivity index (χ3v) is 4.17. The molecule has 0 saturated carbocycles. The van der Waals surface area contributed by atoms with Crippen LogP contribution in [0.1, 0.15) is 25.9 Å². The van der Waals surface area contributed by atoms with Crippen molar-refractivity contribution in [1.82, 2.24) is 9.88 Å². The van der Waals surface area contributed by atoms with Gasteiger partial charge in [-0.05, 0) is 12.5 Å². The predicted molar refractivity (Wildman–Crippen MR) is 80.4 cm³/mol. The summed E-state index contributed by atoms with van der Waals surface area (Å²) in [4.78, 5) is 29.1. The minimum atomic E-state index is -0.999. The lowest BCUT2D eigenvalue weighted by Crippen LogP contribution is -2.27. The molecule has 0 fully saturated rings. The minimum absolute atomic E-state index is 0.0791. The molecule has 0 spiro atoms. The van der Waals surface area contributed by atoms with E-state index in [4.69, 9.17) is 5.11 Å². The number of hydrogen-bond acceptors (Lipinski definition) is 4. The first-order valence-corrected chi connectivity index (χ1v) is 7.26. The van der Waals surface area contributed by atoms with Crippen LogP contribution in [0.3, 0.4) is 0 Å². The molecule has 0 aliphatic carbocycles. The van der Waals surface area contributed by atoms with Crippen LogP contribution in [0.5, 0.6) is 0 Å². The van der Waals surface area contributed by atoms with E-state index in [9.17, 15) is 9.59 Å². The number of benzene rings is 1. The molecule has 2 rings (SSSR count). The Morgan fingerprint density at radius 1 is 1.29 bits per heavy atom. The van der Waals surface area contributed by atoms with Crippen LogP contribution in [-0.2, 0) is 17.8 Å². The van der Waals surface area contributed by atoms with E-state index in [2.05, 4.69) is 4.98 Å². The minimum Gasteiger partial charge on any atom is -0.477 e. The molecule has 1 aromatic heterocycles. The zero-order chi connectivity index (χ0) is 15.4. The van der Waals surface area contributed by atoms with Gasteiger partial charge < -0.3 is 10.0 Å². The van der Waals surface area contributed by atoms with Crippen LogP contribution in [0.15, 0.2) is 30.3 Å². The van der Waals surface area contributed by atoms with Crippen molar-refractivity contribution in [3.63, 3.8) is 0 Å². The average molecular weight is 304 g/mol. The average Bonchev–Trinajstić information content (AvgIpc) is 2.80. The number of carboxylic acids is 1. The lowest BCUT2D eigenvalue weighted by Gasteiger charge is -2.16. The van der Waals surface area contributed by atoms with Crippen molar-refractivity contribution in [2.24, 2.45) is 0 Å². The molecule has 6 heteroatoms. The SMILES string of the molecule is Cc1nc(CC(=O)N(C)Cc2ccccc2)sc1C(=O)O. The maximum Gasteiger partial charge on any atom is 0.347 e. The first-order chi connectivity index (χ1) is 9.97. The number of aromatic nitrogens is 1. The molecule has 110 valence electrons. The molecule has 0 saturated heterocycles. The van der Waals surface area contributed by atoms with Gasteiger partial charge in [0.05, 0.1) is 12.1 Å². The van der Waals surface area contributed by atoms with E-state index in [1.54, 1.807) is 18.9 Å². The third-order valence-electron chi connectivity index (χ3n) is 3.03. The van der Waals surface area contributed by atoms with E-state index in [1.807, 2.05) is 30.3 Å². The molecule has 0 atom stereocenters. The molecular formula is C15H16N2O3S. The summed E-state index contributed by atoms with van der Waals surface area (Å²) >= 11 is 1.06. The Morgan fingerprint density at radius 2 is 1.95 bits per heavy atom. The molecule has 2 aromatic rings. The van der Waals surface area contributed by atoms with Gasteiger partial charge in [-0.25, -0.2) is 9.78 Å². The second-order valence-electron chi connectivity index (χ2n) is 4.74. The number of carbonyl (C=O) groups is 2. The molecule has 21 heavy (non-hydrogen) atoms. The first-order valence-electron chi connectivity index (χ1n) is 6.45. The van der Waals surface area contributed by atoms with E-state index in [0.717, 1.165) is 16.9 Å². The fourth-order valence-electron chi connectivity index (χ4n) is 1.94. The van der Waals surface area contributed by atoms with E-state index in [-0.39, 0.29) is 17.2 Å². The summed E-state index contributed by atoms with van der Waals surface area (Å²) in [6.07, 6.45) is 0.127. The fraction of sp³-hybridized carbons (Fsp3) is 0.267. The van der Waals surface area contributed by atoms with Crippen molar-refractivity contribution in [3.05, 3.63) is 51.5 Å². The summed E-state index contributed by atoms with van der Waals surface area (Å²) in [5.41, 5.74) is 1.51. The van der Waals surface area contributed by atoms with Gasteiger partial charge in [-0.2, -0.15) is 0 Å². The highest BCUT2D eigenvalue weighted by Gasteiger charge is 2.17. The molecule has 0 bridgehead atoms. The Kier molecular flexibility index (Phi) is 4.70. The second-order valence-corrected chi connectivity index (χ2v) is 5.82. The summed E-state index contributed by atoms with van der Waals surface area (Å²) in [5.74, 6) is -1.08. The van der Waals surface area contributed by atoms with Gasteiger partial charge in [-0.1, -0.05) is 30.3 Å². The van der Waals surface area contributed by atoms with Gasteiger partial charge in [0.2, 0.25) is 5.91 Å². The number of amides is 1. The van der Waals surface area contributed by atoms with Gasteiger partial charge in [0.25, 0.3) is 0 Å². The van der Waals surface area contributed by atoms with Crippen LogP contribution < -0.4 is 0 Å². The van der Waals surface area contributed by atoms with Gasteiger partial charge in [0.1, 0.15) is 9.88 Å². The summed E-state index contributed by atoms with van der Waals surface area (Å²) in [6.45, 7) is 2.16.